The van der Waals surface area contributed by atoms with Gasteiger partial charge in [0.25, 0.3) is 0 Å². The van der Waals surface area contributed by atoms with E-state index in [1.54, 1.807) is 0 Å². The van der Waals surface area contributed by atoms with Crippen LogP contribution in [-0.4, -0.2) is 9.97 Å². The maximum atomic E-state index is 4.90. The van der Waals surface area contributed by atoms with Gasteiger partial charge in [0.05, 0.1) is 11.0 Å². The number of rotatable bonds is 2. The Morgan fingerprint density at radius 1 is 0.552 bits per heavy atom. The molecular formula is C26H21LiN2. The van der Waals surface area contributed by atoms with Gasteiger partial charge in [-0.3, -0.25) is 9.97 Å². The van der Waals surface area contributed by atoms with Gasteiger partial charge in [-0.15, -0.1) is 0 Å². The Bertz CT molecular complexity index is 1220. The summed E-state index contributed by atoms with van der Waals surface area (Å²) in [7, 11) is 0. The van der Waals surface area contributed by atoms with Crippen LogP contribution in [0.5, 0.6) is 0 Å². The standard InChI is InChI=1S/C26H20N2.Li.H/c1-17-15-23(19-9-5-3-6-10-19)21-13-14-22-24(20-11-7-4-8-12-20)16-18(2)28-26(22)25(21)27-17;;/h3-16H,1-2H3;;/q;+1;-1. The summed E-state index contributed by atoms with van der Waals surface area (Å²) in [5.74, 6) is 0. The molecule has 0 aliphatic rings. The van der Waals surface area contributed by atoms with Crippen molar-refractivity contribution in [2.45, 2.75) is 13.8 Å². The molecular weight excluding hydrogens is 347 g/mol. The van der Waals surface area contributed by atoms with E-state index >= 15 is 0 Å². The van der Waals surface area contributed by atoms with Crippen molar-refractivity contribution in [3.63, 3.8) is 0 Å². The molecule has 0 atom stereocenters. The molecule has 0 aliphatic heterocycles. The van der Waals surface area contributed by atoms with Crippen molar-refractivity contribution in [3.8, 4) is 22.3 Å². The second kappa shape index (κ2) is 7.83. The van der Waals surface area contributed by atoms with Gasteiger partial charge < -0.3 is 1.43 Å². The van der Waals surface area contributed by atoms with E-state index in [0.29, 0.717) is 0 Å². The Hall–Kier alpha value is -2.92. The molecule has 0 saturated heterocycles. The van der Waals surface area contributed by atoms with Gasteiger partial charge in [-0.05, 0) is 48.2 Å². The van der Waals surface area contributed by atoms with Crippen LogP contribution in [0.3, 0.4) is 0 Å². The van der Waals surface area contributed by atoms with E-state index in [9.17, 15) is 0 Å². The SMILES string of the molecule is Cc1cc(-c2ccccc2)c2ccc3c(-c4ccccc4)cc(C)nc3c2n1.[H-].[Li+]. The van der Waals surface area contributed by atoms with Crippen LogP contribution in [0.4, 0.5) is 0 Å². The van der Waals surface area contributed by atoms with Crippen LogP contribution in [0.15, 0.2) is 84.9 Å². The molecule has 2 aromatic heterocycles. The molecule has 3 heteroatoms. The topological polar surface area (TPSA) is 25.8 Å². The Labute approximate surface area is 184 Å². The number of hydrogen-bond acceptors (Lipinski definition) is 2. The smallest absolute Gasteiger partial charge is 1.00 e. The van der Waals surface area contributed by atoms with E-state index in [1.807, 2.05) is 12.1 Å². The van der Waals surface area contributed by atoms with Gasteiger partial charge in [0.15, 0.2) is 0 Å². The molecule has 3 aromatic carbocycles. The fraction of sp³-hybridized carbons (Fsp3) is 0.0769. The molecule has 29 heavy (non-hydrogen) atoms. The van der Waals surface area contributed by atoms with Crippen molar-refractivity contribution in [1.29, 1.82) is 0 Å². The van der Waals surface area contributed by atoms with Gasteiger partial charge in [0.2, 0.25) is 0 Å². The number of aromatic nitrogens is 2. The molecule has 5 aromatic rings. The largest absolute Gasteiger partial charge is 1.00 e. The third-order valence-corrected chi connectivity index (χ3v) is 5.18. The first-order chi connectivity index (χ1) is 13.7. The van der Waals surface area contributed by atoms with Crippen molar-refractivity contribution in [3.05, 3.63) is 96.3 Å². The second-order valence-electron chi connectivity index (χ2n) is 7.21. The Morgan fingerprint density at radius 2 is 0.931 bits per heavy atom. The molecule has 0 radical (unpaired) electrons. The van der Waals surface area contributed by atoms with E-state index in [0.717, 1.165) is 33.2 Å². The van der Waals surface area contributed by atoms with Gasteiger partial charge >= 0.3 is 18.9 Å². The van der Waals surface area contributed by atoms with Crippen LogP contribution >= 0.6 is 0 Å². The fourth-order valence-electron chi connectivity index (χ4n) is 3.94. The minimum Gasteiger partial charge on any atom is -1.00 e. The summed E-state index contributed by atoms with van der Waals surface area (Å²) >= 11 is 0. The van der Waals surface area contributed by atoms with Crippen LogP contribution in [0.25, 0.3) is 44.1 Å². The van der Waals surface area contributed by atoms with Crippen LogP contribution in [0, 0.1) is 13.8 Å². The molecule has 0 amide bonds. The third-order valence-electron chi connectivity index (χ3n) is 5.18. The van der Waals surface area contributed by atoms with Crippen LogP contribution in [-0.2, 0) is 0 Å². The van der Waals surface area contributed by atoms with E-state index in [1.165, 1.54) is 22.3 Å². The quantitative estimate of drug-likeness (QED) is 0.349. The van der Waals surface area contributed by atoms with Gasteiger partial charge in [-0.1, -0.05) is 72.8 Å². The van der Waals surface area contributed by atoms with Crippen molar-refractivity contribution in [1.82, 2.24) is 9.97 Å². The van der Waals surface area contributed by atoms with Crippen LogP contribution in [0.2, 0.25) is 0 Å². The first-order valence-electron chi connectivity index (χ1n) is 9.53. The molecule has 0 spiro atoms. The zero-order chi connectivity index (χ0) is 19.1. The third kappa shape index (κ3) is 3.47. The van der Waals surface area contributed by atoms with E-state index < -0.39 is 0 Å². The van der Waals surface area contributed by atoms with E-state index in [2.05, 4.69) is 86.6 Å². The summed E-state index contributed by atoms with van der Waals surface area (Å²) in [5, 5.41) is 2.28. The minimum absolute atomic E-state index is 0. The molecule has 0 unspecified atom stereocenters. The summed E-state index contributed by atoms with van der Waals surface area (Å²) in [4.78, 5) is 9.81. The molecule has 0 aliphatic carbocycles. The van der Waals surface area contributed by atoms with Gasteiger partial charge in [0, 0.05) is 22.2 Å². The Kier molecular flexibility index (Phi) is 5.24. The number of aryl methyl sites for hydroxylation is 2. The van der Waals surface area contributed by atoms with E-state index in [-0.39, 0.29) is 20.3 Å². The van der Waals surface area contributed by atoms with Gasteiger partial charge in [0.1, 0.15) is 0 Å². The number of benzene rings is 3. The molecule has 0 fully saturated rings. The average Bonchev–Trinajstić information content (AvgIpc) is 2.74. The Morgan fingerprint density at radius 3 is 1.31 bits per heavy atom. The molecule has 2 heterocycles. The number of hydrogen-bond donors (Lipinski definition) is 0. The summed E-state index contributed by atoms with van der Waals surface area (Å²) < 4.78 is 0. The first-order valence-corrected chi connectivity index (χ1v) is 9.53. The molecule has 136 valence electrons. The first kappa shape index (κ1) is 19.4. The Balaban J connectivity index is 0.00000128. The molecule has 5 rings (SSSR count). The molecule has 0 bridgehead atoms. The number of fused-ring (bicyclic) bond motifs is 3. The number of nitrogens with zero attached hydrogens (tertiary/aromatic N) is 2. The van der Waals surface area contributed by atoms with Gasteiger partial charge in [-0.2, -0.15) is 0 Å². The monoisotopic (exact) mass is 368 g/mol. The zero-order valence-electron chi connectivity index (χ0n) is 18.0. The summed E-state index contributed by atoms with van der Waals surface area (Å²) in [6.07, 6.45) is 0. The molecule has 0 saturated carbocycles. The zero-order valence-corrected chi connectivity index (χ0v) is 17.0. The number of pyridine rings is 2. The van der Waals surface area contributed by atoms with Gasteiger partial charge in [-0.25, -0.2) is 0 Å². The predicted octanol–water partition coefficient (Wildman–Crippen LogP) is 3.85. The fourth-order valence-corrected chi connectivity index (χ4v) is 3.94. The van der Waals surface area contributed by atoms with Crippen molar-refractivity contribution in [2.24, 2.45) is 0 Å². The van der Waals surface area contributed by atoms with Crippen molar-refractivity contribution >= 4 is 21.8 Å². The van der Waals surface area contributed by atoms with Crippen molar-refractivity contribution < 1.29 is 20.3 Å². The molecule has 2 nitrogen and oxygen atoms in total. The average molecular weight is 368 g/mol. The molecule has 0 N–H and O–H groups in total. The second-order valence-corrected chi connectivity index (χ2v) is 7.21. The van der Waals surface area contributed by atoms with Crippen LogP contribution in [0.1, 0.15) is 12.8 Å². The van der Waals surface area contributed by atoms with Crippen LogP contribution < -0.4 is 18.9 Å². The summed E-state index contributed by atoms with van der Waals surface area (Å²) in [6, 6.07) is 29.7. The summed E-state index contributed by atoms with van der Waals surface area (Å²) in [5.41, 5.74) is 8.76. The van der Waals surface area contributed by atoms with E-state index in [4.69, 9.17) is 9.97 Å². The maximum absolute atomic E-state index is 4.90. The minimum atomic E-state index is 0. The summed E-state index contributed by atoms with van der Waals surface area (Å²) in [6.45, 7) is 4.11. The van der Waals surface area contributed by atoms with Crippen molar-refractivity contribution in [2.75, 3.05) is 0 Å². The normalized spacial score (nSPS) is 10.8. The maximum Gasteiger partial charge on any atom is 1.00 e. The predicted molar refractivity (Wildman–Crippen MR) is 119 cm³/mol.